The quantitative estimate of drug-likeness (QED) is 0.818. The molecule has 0 saturated heterocycles. The van der Waals surface area contributed by atoms with Crippen molar-refractivity contribution in [3.8, 4) is 0 Å². The molecule has 0 aliphatic heterocycles. The first-order chi connectivity index (χ1) is 7.40. The van der Waals surface area contributed by atoms with Crippen LogP contribution in [-0.2, 0) is 19.6 Å². The molecule has 1 heterocycles. The third-order valence-corrected chi connectivity index (χ3v) is 2.43. The van der Waals surface area contributed by atoms with Gasteiger partial charge in [0.1, 0.15) is 12.4 Å². The number of rotatable bonds is 4. The predicted octanol–water partition coefficient (Wildman–Crippen LogP) is 1.62. The lowest BCUT2D eigenvalue weighted by Gasteiger charge is -2.05. The Morgan fingerprint density at radius 1 is 1.20 bits per heavy atom. The van der Waals surface area contributed by atoms with Crippen LogP contribution in [0.4, 0.5) is 0 Å². The first-order valence-electron chi connectivity index (χ1n) is 5.05. The molecular weight excluding hydrogens is 188 g/mol. The second-order valence-corrected chi connectivity index (χ2v) is 3.43. The Hall–Kier alpha value is -1.61. The molecule has 0 spiro atoms. The lowest BCUT2D eigenvalue weighted by molar-refractivity contribution is 0.265. The predicted molar refractivity (Wildman–Crippen MR) is 58.3 cm³/mol. The van der Waals surface area contributed by atoms with Crippen LogP contribution in [0.25, 0.3) is 0 Å². The molecule has 0 fully saturated rings. The van der Waals surface area contributed by atoms with Crippen molar-refractivity contribution in [2.24, 2.45) is 0 Å². The van der Waals surface area contributed by atoms with Crippen LogP contribution in [0.5, 0.6) is 0 Å². The summed E-state index contributed by atoms with van der Waals surface area (Å²) in [7, 11) is 0. The van der Waals surface area contributed by atoms with Crippen LogP contribution in [0.1, 0.15) is 11.4 Å². The van der Waals surface area contributed by atoms with Gasteiger partial charge >= 0.3 is 0 Å². The Morgan fingerprint density at radius 3 is 2.73 bits per heavy atom. The molecule has 0 atom stereocenters. The minimum absolute atomic E-state index is 0.00178. The van der Waals surface area contributed by atoms with Crippen molar-refractivity contribution in [2.75, 3.05) is 0 Å². The highest BCUT2D eigenvalue weighted by molar-refractivity contribution is 5.14. The van der Waals surface area contributed by atoms with Crippen LogP contribution in [0.3, 0.4) is 0 Å². The van der Waals surface area contributed by atoms with E-state index >= 15 is 0 Å². The monoisotopic (exact) mass is 202 g/mol. The molecule has 0 bridgehead atoms. The highest BCUT2D eigenvalue weighted by Gasteiger charge is 2.00. The number of aromatic nitrogens is 2. The summed E-state index contributed by atoms with van der Waals surface area (Å²) in [6.45, 7) is 0.863. The van der Waals surface area contributed by atoms with Crippen LogP contribution >= 0.6 is 0 Å². The number of aliphatic hydroxyl groups is 1. The molecule has 0 unspecified atom stereocenters. The van der Waals surface area contributed by atoms with Gasteiger partial charge < -0.3 is 9.67 Å². The molecule has 1 aromatic carbocycles. The molecule has 0 aliphatic carbocycles. The summed E-state index contributed by atoms with van der Waals surface area (Å²) in [6.07, 6.45) is 4.58. The van der Waals surface area contributed by atoms with Gasteiger partial charge in [0.25, 0.3) is 0 Å². The van der Waals surface area contributed by atoms with Gasteiger partial charge in [-0.3, -0.25) is 0 Å². The number of hydrogen-bond donors (Lipinski definition) is 1. The van der Waals surface area contributed by atoms with Gasteiger partial charge in [-0.25, -0.2) is 4.98 Å². The highest BCUT2D eigenvalue weighted by Crippen LogP contribution is 2.04. The van der Waals surface area contributed by atoms with Crippen molar-refractivity contribution >= 4 is 0 Å². The summed E-state index contributed by atoms with van der Waals surface area (Å²) < 4.78 is 1.98. The molecule has 2 rings (SSSR count). The molecule has 1 N–H and O–H groups in total. The average Bonchev–Trinajstić information content (AvgIpc) is 2.75. The summed E-state index contributed by atoms with van der Waals surface area (Å²) in [5, 5.41) is 9.02. The van der Waals surface area contributed by atoms with Gasteiger partial charge in [0, 0.05) is 18.9 Å². The van der Waals surface area contributed by atoms with Crippen LogP contribution in [0.15, 0.2) is 42.7 Å². The van der Waals surface area contributed by atoms with E-state index < -0.39 is 0 Å². The zero-order chi connectivity index (χ0) is 10.5. The van der Waals surface area contributed by atoms with Crippen LogP contribution in [0.2, 0.25) is 0 Å². The topological polar surface area (TPSA) is 38.1 Å². The molecule has 0 radical (unpaired) electrons. The second kappa shape index (κ2) is 4.75. The van der Waals surface area contributed by atoms with Crippen LogP contribution < -0.4 is 0 Å². The smallest absolute Gasteiger partial charge is 0.134 e. The van der Waals surface area contributed by atoms with Crippen molar-refractivity contribution in [1.82, 2.24) is 9.55 Å². The normalized spacial score (nSPS) is 10.5. The zero-order valence-corrected chi connectivity index (χ0v) is 8.50. The number of hydrogen-bond acceptors (Lipinski definition) is 2. The summed E-state index contributed by atoms with van der Waals surface area (Å²) in [5.74, 6) is 0.728. The number of aryl methyl sites for hydroxylation is 2. The van der Waals surface area contributed by atoms with E-state index in [0.717, 1.165) is 18.8 Å². The van der Waals surface area contributed by atoms with Gasteiger partial charge in [-0.1, -0.05) is 30.3 Å². The van der Waals surface area contributed by atoms with Gasteiger partial charge in [-0.15, -0.1) is 0 Å². The molecule has 78 valence electrons. The Morgan fingerprint density at radius 2 is 2.00 bits per heavy atom. The van der Waals surface area contributed by atoms with Crippen LogP contribution in [-0.4, -0.2) is 14.7 Å². The first kappa shape index (κ1) is 9.93. The summed E-state index contributed by atoms with van der Waals surface area (Å²) in [4.78, 5) is 4.06. The zero-order valence-electron chi connectivity index (χ0n) is 8.50. The fraction of sp³-hybridized carbons (Fsp3) is 0.250. The largest absolute Gasteiger partial charge is 0.388 e. The Balaban J connectivity index is 1.99. The van der Waals surface area contributed by atoms with E-state index in [1.165, 1.54) is 5.56 Å². The molecule has 1 aromatic heterocycles. The van der Waals surface area contributed by atoms with Gasteiger partial charge in [-0.2, -0.15) is 0 Å². The number of nitrogens with zero attached hydrogens (tertiary/aromatic N) is 2. The maximum Gasteiger partial charge on any atom is 0.134 e. The Labute approximate surface area is 89.0 Å². The van der Waals surface area contributed by atoms with Gasteiger partial charge in [0.05, 0.1) is 0 Å². The number of aliphatic hydroxyl groups excluding tert-OH is 1. The fourth-order valence-electron chi connectivity index (χ4n) is 1.59. The van der Waals surface area contributed by atoms with Crippen molar-refractivity contribution in [3.63, 3.8) is 0 Å². The minimum Gasteiger partial charge on any atom is -0.388 e. The van der Waals surface area contributed by atoms with Gasteiger partial charge in [0.15, 0.2) is 0 Å². The van der Waals surface area contributed by atoms with Crippen molar-refractivity contribution < 1.29 is 5.11 Å². The van der Waals surface area contributed by atoms with E-state index in [-0.39, 0.29) is 6.61 Å². The van der Waals surface area contributed by atoms with Crippen molar-refractivity contribution in [1.29, 1.82) is 0 Å². The number of imidazole rings is 1. The van der Waals surface area contributed by atoms with Crippen LogP contribution in [0, 0.1) is 0 Å². The molecule has 3 nitrogen and oxygen atoms in total. The van der Waals surface area contributed by atoms with Gasteiger partial charge in [0.2, 0.25) is 0 Å². The molecule has 3 heteroatoms. The third kappa shape index (κ3) is 2.44. The summed E-state index contributed by atoms with van der Waals surface area (Å²) in [5.41, 5.74) is 1.30. The molecule has 2 aromatic rings. The summed E-state index contributed by atoms with van der Waals surface area (Å²) in [6, 6.07) is 10.3. The molecule has 15 heavy (non-hydrogen) atoms. The highest BCUT2D eigenvalue weighted by atomic mass is 16.3. The van der Waals surface area contributed by atoms with E-state index in [1.54, 1.807) is 6.20 Å². The lowest BCUT2D eigenvalue weighted by atomic mass is 10.1. The van der Waals surface area contributed by atoms with E-state index in [4.69, 9.17) is 5.11 Å². The standard InChI is InChI=1S/C12H14N2O/c15-10-12-13-7-9-14(12)8-6-11-4-2-1-3-5-11/h1-5,7,9,15H,6,8,10H2. The lowest BCUT2D eigenvalue weighted by Crippen LogP contribution is -2.05. The van der Waals surface area contributed by atoms with Crippen molar-refractivity contribution in [2.45, 2.75) is 19.6 Å². The maximum atomic E-state index is 9.02. The first-order valence-corrected chi connectivity index (χ1v) is 5.05. The van der Waals surface area contributed by atoms with E-state index in [0.29, 0.717) is 0 Å². The Kier molecular flexibility index (Phi) is 3.15. The van der Waals surface area contributed by atoms with E-state index in [2.05, 4.69) is 17.1 Å². The Bertz CT molecular complexity index is 409. The number of benzene rings is 1. The molecule has 0 saturated carbocycles. The van der Waals surface area contributed by atoms with E-state index in [1.807, 2.05) is 29.0 Å². The minimum atomic E-state index is 0.00178. The maximum absolute atomic E-state index is 9.02. The van der Waals surface area contributed by atoms with Gasteiger partial charge in [-0.05, 0) is 12.0 Å². The average molecular weight is 202 g/mol. The molecule has 0 aliphatic rings. The summed E-state index contributed by atoms with van der Waals surface area (Å²) >= 11 is 0. The fourth-order valence-corrected chi connectivity index (χ4v) is 1.59. The molecular formula is C12H14N2O. The molecule has 0 amide bonds. The van der Waals surface area contributed by atoms with E-state index in [9.17, 15) is 0 Å². The third-order valence-electron chi connectivity index (χ3n) is 2.43. The second-order valence-electron chi connectivity index (χ2n) is 3.43. The SMILES string of the molecule is OCc1nccn1CCc1ccccc1. The van der Waals surface area contributed by atoms with Crippen molar-refractivity contribution in [3.05, 3.63) is 54.1 Å².